The Kier molecular flexibility index (Phi) is 4.62. The number of thiazole rings is 1. The summed E-state index contributed by atoms with van der Waals surface area (Å²) in [6.45, 7) is 12.5. The zero-order valence-corrected chi connectivity index (χ0v) is 12.8. The van der Waals surface area contributed by atoms with Crippen LogP contribution in [-0.2, 0) is 0 Å². The number of nitrogens with one attached hydrogen (secondary N) is 1. The molecule has 2 rings (SSSR count). The van der Waals surface area contributed by atoms with E-state index in [-0.39, 0.29) is 0 Å². The lowest BCUT2D eigenvalue weighted by molar-refractivity contribution is 0.494. The van der Waals surface area contributed by atoms with E-state index in [1.54, 1.807) is 0 Å². The third-order valence-corrected chi connectivity index (χ3v) is 5.14. The average molecular weight is 267 g/mol. The second-order valence-corrected chi connectivity index (χ2v) is 6.62. The smallest absolute Gasteiger partial charge is 0.185 e. The Morgan fingerprint density at radius 1 is 1.44 bits per heavy atom. The van der Waals surface area contributed by atoms with Crippen molar-refractivity contribution in [3.8, 4) is 0 Å². The molecule has 2 heterocycles. The molecule has 0 bridgehead atoms. The Bertz CT molecular complexity index is 367. The summed E-state index contributed by atoms with van der Waals surface area (Å²) in [6.07, 6.45) is 3.22. The molecule has 0 spiro atoms. The summed E-state index contributed by atoms with van der Waals surface area (Å²) in [4.78, 5) is 8.39. The maximum Gasteiger partial charge on any atom is 0.185 e. The highest BCUT2D eigenvalue weighted by Crippen LogP contribution is 2.32. The molecule has 0 aromatic carbocycles. The summed E-state index contributed by atoms with van der Waals surface area (Å²) in [5.41, 5.74) is 0. The number of nitrogens with zero attached hydrogens (tertiary/aromatic N) is 2. The van der Waals surface area contributed by atoms with Gasteiger partial charge in [0.25, 0.3) is 0 Å². The number of aromatic nitrogens is 1. The van der Waals surface area contributed by atoms with Gasteiger partial charge in [0.05, 0.1) is 0 Å². The Morgan fingerprint density at radius 2 is 2.11 bits per heavy atom. The van der Waals surface area contributed by atoms with Gasteiger partial charge in [-0.2, -0.15) is 0 Å². The summed E-state index contributed by atoms with van der Waals surface area (Å²) in [6, 6.07) is 0.425. The van der Waals surface area contributed by atoms with Gasteiger partial charge in [-0.15, -0.1) is 11.3 Å². The minimum absolute atomic E-state index is 0.425. The van der Waals surface area contributed by atoms with E-state index in [1.807, 2.05) is 17.5 Å². The van der Waals surface area contributed by atoms with E-state index in [2.05, 4.69) is 42.9 Å². The predicted molar refractivity (Wildman–Crippen MR) is 79.4 cm³/mol. The molecule has 18 heavy (non-hydrogen) atoms. The number of hydrogen-bond acceptors (Lipinski definition) is 4. The van der Waals surface area contributed by atoms with Crippen molar-refractivity contribution >= 4 is 16.5 Å². The molecule has 1 fully saturated rings. The van der Waals surface area contributed by atoms with Crippen LogP contribution in [0.1, 0.15) is 45.0 Å². The lowest BCUT2D eigenvalue weighted by atomic mass is 10.0. The largest absolute Gasteiger partial charge is 0.348 e. The summed E-state index contributed by atoms with van der Waals surface area (Å²) < 4.78 is 0. The van der Waals surface area contributed by atoms with Crippen LogP contribution in [0.4, 0.5) is 5.13 Å². The summed E-state index contributed by atoms with van der Waals surface area (Å²) in [5, 5.41) is 4.72. The first-order valence-corrected chi connectivity index (χ1v) is 7.87. The quantitative estimate of drug-likeness (QED) is 0.887. The first-order chi connectivity index (χ1) is 8.61. The third-order valence-electron chi connectivity index (χ3n) is 3.90. The molecule has 1 aromatic heterocycles. The SMILES string of the molecule is CCCNC(C)c1cnc(N2CC(C)C(C)C2)s1. The Balaban J connectivity index is 1.98. The maximum atomic E-state index is 4.60. The Hall–Kier alpha value is -0.610. The normalized spacial score (nSPS) is 25.7. The number of rotatable bonds is 5. The molecule has 0 aliphatic carbocycles. The van der Waals surface area contributed by atoms with Gasteiger partial charge < -0.3 is 10.2 Å². The fourth-order valence-corrected chi connectivity index (χ4v) is 3.33. The van der Waals surface area contributed by atoms with E-state index in [4.69, 9.17) is 0 Å². The van der Waals surface area contributed by atoms with Crippen molar-refractivity contribution in [3.63, 3.8) is 0 Å². The van der Waals surface area contributed by atoms with Gasteiger partial charge >= 0.3 is 0 Å². The van der Waals surface area contributed by atoms with Crippen LogP contribution in [0.15, 0.2) is 6.20 Å². The van der Waals surface area contributed by atoms with Gasteiger partial charge in [-0.25, -0.2) is 4.98 Å². The third kappa shape index (κ3) is 3.04. The van der Waals surface area contributed by atoms with Crippen molar-refractivity contribution in [2.24, 2.45) is 11.8 Å². The van der Waals surface area contributed by atoms with E-state index in [0.717, 1.165) is 31.5 Å². The summed E-state index contributed by atoms with van der Waals surface area (Å²) in [7, 11) is 0. The molecule has 1 aromatic rings. The highest BCUT2D eigenvalue weighted by atomic mass is 32.1. The van der Waals surface area contributed by atoms with Crippen molar-refractivity contribution in [2.75, 3.05) is 24.5 Å². The first kappa shape index (κ1) is 13.8. The zero-order valence-electron chi connectivity index (χ0n) is 11.9. The van der Waals surface area contributed by atoms with Gasteiger partial charge in [0.1, 0.15) is 0 Å². The van der Waals surface area contributed by atoms with E-state index in [1.165, 1.54) is 16.4 Å². The van der Waals surface area contributed by atoms with Gasteiger partial charge in [-0.05, 0) is 31.7 Å². The molecular formula is C14H25N3S. The molecule has 4 heteroatoms. The van der Waals surface area contributed by atoms with Gasteiger partial charge in [-0.1, -0.05) is 20.8 Å². The minimum atomic E-state index is 0.425. The van der Waals surface area contributed by atoms with Crippen LogP contribution in [0, 0.1) is 11.8 Å². The molecule has 1 aliphatic rings. The van der Waals surface area contributed by atoms with Crippen molar-refractivity contribution in [1.82, 2.24) is 10.3 Å². The molecule has 1 saturated heterocycles. The molecule has 0 radical (unpaired) electrons. The van der Waals surface area contributed by atoms with Crippen LogP contribution >= 0.6 is 11.3 Å². The average Bonchev–Trinajstić information content (AvgIpc) is 2.94. The van der Waals surface area contributed by atoms with Gasteiger partial charge in [0.2, 0.25) is 0 Å². The molecular weight excluding hydrogens is 242 g/mol. The van der Waals surface area contributed by atoms with E-state index in [0.29, 0.717) is 6.04 Å². The Labute approximate surface area is 115 Å². The second-order valence-electron chi connectivity index (χ2n) is 5.58. The van der Waals surface area contributed by atoms with E-state index in [9.17, 15) is 0 Å². The highest BCUT2D eigenvalue weighted by Gasteiger charge is 2.28. The van der Waals surface area contributed by atoms with Crippen LogP contribution in [0.3, 0.4) is 0 Å². The van der Waals surface area contributed by atoms with Gasteiger partial charge in [-0.3, -0.25) is 0 Å². The molecule has 1 N–H and O–H groups in total. The highest BCUT2D eigenvalue weighted by molar-refractivity contribution is 7.15. The number of anilines is 1. The maximum absolute atomic E-state index is 4.60. The van der Waals surface area contributed by atoms with E-state index < -0.39 is 0 Å². The van der Waals surface area contributed by atoms with Crippen LogP contribution < -0.4 is 10.2 Å². The van der Waals surface area contributed by atoms with Crippen LogP contribution in [-0.4, -0.2) is 24.6 Å². The van der Waals surface area contributed by atoms with E-state index >= 15 is 0 Å². The van der Waals surface area contributed by atoms with Crippen LogP contribution in [0.25, 0.3) is 0 Å². The van der Waals surface area contributed by atoms with Gasteiger partial charge in [0, 0.05) is 30.2 Å². The number of hydrogen-bond donors (Lipinski definition) is 1. The fourth-order valence-electron chi connectivity index (χ4n) is 2.37. The van der Waals surface area contributed by atoms with Gasteiger partial charge in [0.15, 0.2) is 5.13 Å². The standard InChI is InChI=1S/C14H25N3S/c1-5-6-15-12(4)13-7-16-14(18-13)17-8-10(2)11(3)9-17/h7,10-12,15H,5-6,8-9H2,1-4H3. The molecule has 1 aliphatic heterocycles. The van der Waals surface area contributed by atoms with Crippen molar-refractivity contribution in [2.45, 2.75) is 40.2 Å². The lowest BCUT2D eigenvalue weighted by Gasteiger charge is -2.14. The molecule has 0 amide bonds. The van der Waals surface area contributed by atoms with Crippen molar-refractivity contribution < 1.29 is 0 Å². The molecule has 0 saturated carbocycles. The topological polar surface area (TPSA) is 28.2 Å². The van der Waals surface area contributed by atoms with Crippen LogP contribution in [0.5, 0.6) is 0 Å². The monoisotopic (exact) mass is 267 g/mol. The second kappa shape index (κ2) is 6.02. The first-order valence-electron chi connectivity index (χ1n) is 7.05. The van der Waals surface area contributed by atoms with Crippen LogP contribution in [0.2, 0.25) is 0 Å². The minimum Gasteiger partial charge on any atom is -0.348 e. The summed E-state index contributed by atoms with van der Waals surface area (Å²) >= 11 is 1.85. The molecule has 3 unspecified atom stereocenters. The Morgan fingerprint density at radius 3 is 2.72 bits per heavy atom. The fraction of sp³-hybridized carbons (Fsp3) is 0.786. The van der Waals surface area contributed by atoms with Crippen molar-refractivity contribution in [1.29, 1.82) is 0 Å². The molecule has 3 nitrogen and oxygen atoms in total. The predicted octanol–water partition coefficient (Wildman–Crippen LogP) is 3.30. The lowest BCUT2D eigenvalue weighted by Crippen LogP contribution is -2.19. The molecule has 102 valence electrons. The van der Waals surface area contributed by atoms with Crippen molar-refractivity contribution in [3.05, 3.63) is 11.1 Å². The zero-order chi connectivity index (χ0) is 13.1. The summed E-state index contributed by atoms with van der Waals surface area (Å²) in [5.74, 6) is 1.57. The molecule has 3 atom stereocenters.